The summed E-state index contributed by atoms with van der Waals surface area (Å²) in [6, 6.07) is 17.6. The molecule has 132 valence electrons. The molecule has 2 N–H and O–H groups in total. The summed E-state index contributed by atoms with van der Waals surface area (Å²) in [5.41, 5.74) is 2.59. The first-order chi connectivity index (χ1) is 12.6. The van der Waals surface area contributed by atoms with Crippen molar-refractivity contribution in [2.75, 3.05) is 10.6 Å². The summed E-state index contributed by atoms with van der Waals surface area (Å²) in [5, 5.41) is 13.7. The number of nitrogens with one attached hydrogen (secondary N) is 2. The first kappa shape index (κ1) is 17.5. The molecule has 5 nitrogen and oxygen atoms in total. The number of aryl methyl sites for hydroxylation is 1. The van der Waals surface area contributed by atoms with Gasteiger partial charge in [0.05, 0.1) is 6.42 Å². The van der Waals surface area contributed by atoms with E-state index in [4.69, 9.17) is 0 Å². The molecule has 1 heterocycles. The summed E-state index contributed by atoms with van der Waals surface area (Å²) >= 11 is 0. The van der Waals surface area contributed by atoms with Crippen LogP contribution >= 0.6 is 0 Å². The van der Waals surface area contributed by atoms with Gasteiger partial charge in [-0.3, -0.25) is 4.79 Å². The van der Waals surface area contributed by atoms with Gasteiger partial charge in [-0.05, 0) is 36.2 Å². The molecule has 0 saturated carbocycles. The van der Waals surface area contributed by atoms with Crippen molar-refractivity contribution >= 4 is 17.5 Å². The number of halogens is 1. The third-order valence-electron chi connectivity index (χ3n) is 3.96. The third-order valence-corrected chi connectivity index (χ3v) is 3.96. The van der Waals surface area contributed by atoms with Crippen LogP contribution in [-0.4, -0.2) is 16.1 Å². The smallest absolute Gasteiger partial charge is 0.230 e. The molecule has 6 heteroatoms. The summed E-state index contributed by atoms with van der Waals surface area (Å²) in [6.45, 7) is 2.28. The highest BCUT2D eigenvalue weighted by Gasteiger charge is 2.07. The molecular weight excluding hydrogens is 331 g/mol. The molecular formula is C20H19FN4O. The minimum absolute atomic E-state index is 0.152. The summed E-state index contributed by atoms with van der Waals surface area (Å²) < 4.78 is 13.6. The number of hydrogen-bond acceptors (Lipinski definition) is 4. The van der Waals surface area contributed by atoms with Gasteiger partial charge in [0.2, 0.25) is 5.91 Å². The van der Waals surface area contributed by atoms with Crippen molar-refractivity contribution in [2.45, 2.75) is 19.9 Å². The molecule has 0 spiro atoms. The van der Waals surface area contributed by atoms with E-state index >= 15 is 0 Å². The number of rotatable bonds is 6. The fraction of sp³-hybridized carbons (Fsp3) is 0.150. The highest BCUT2D eigenvalue weighted by molar-refractivity contribution is 5.91. The lowest BCUT2D eigenvalue weighted by atomic mass is 10.1. The van der Waals surface area contributed by atoms with Gasteiger partial charge in [-0.2, -0.15) is 0 Å². The van der Waals surface area contributed by atoms with Crippen LogP contribution in [0.5, 0.6) is 0 Å². The van der Waals surface area contributed by atoms with Crippen LogP contribution in [0.3, 0.4) is 0 Å². The lowest BCUT2D eigenvalue weighted by molar-refractivity contribution is -0.115. The maximum atomic E-state index is 13.6. The SMILES string of the molecule is Cc1ccccc1CC(=O)Nc1ccc(NCc2ccccc2F)nn1. The van der Waals surface area contributed by atoms with Crippen molar-refractivity contribution in [3.63, 3.8) is 0 Å². The van der Waals surface area contributed by atoms with Crippen LogP contribution in [0, 0.1) is 12.7 Å². The Morgan fingerprint density at radius 3 is 2.27 bits per heavy atom. The Kier molecular flexibility index (Phi) is 5.53. The van der Waals surface area contributed by atoms with E-state index in [2.05, 4.69) is 20.8 Å². The molecule has 2 aromatic carbocycles. The molecule has 3 rings (SSSR count). The second-order valence-electron chi connectivity index (χ2n) is 5.90. The van der Waals surface area contributed by atoms with Crippen LogP contribution in [0.1, 0.15) is 16.7 Å². The van der Waals surface area contributed by atoms with Gasteiger partial charge in [-0.1, -0.05) is 42.5 Å². The normalized spacial score (nSPS) is 10.4. The van der Waals surface area contributed by atoms with Crippen molar-refractivity contribution in [3.05, 3.63) is 83.2 Å². The molecule has 0 bridgehead atoms. The minimum atomic E-state index is -0.270. The monoisotopic (exact) mass is 350 g/mol. The van der Waals surface area contributed by atoms with Gasteiger partial charge in [0.25, 0.3) is 0 Å². The topological polar surface area (TPSA) is 66.9 Å². The van der Waals surface area contributed by atoms with Gasteiger partial charge in [0, 0.05) is 12.1 Å². The number of nitrogens with zero attached hydrogens (tertiary/aromatic N) is 2. The lowest BCUT2D eigenvalue weighted by Gasteiger charge is -2.08. The number of amides is 1. The molecule has 0 aliphatic rings. The molecule has 3 aromatic rings. The number of carbonyl (C=O) groups excluding carboxylic acids is 1. The number of aromatic nitrogens is 2. The zero-order chi connectivity index (χ0) is 18.4. The Bertz CT molecular complexity index is 896. The Morgan fingerprint density at radius 1 is 0.923 bits per heavy atom. The number of carbonyl (C=O) groups is 1. The zero-order valence-corrected chi connectivity index (χ0v) is 14.4. The van der Waals surface area contributed by atoms with E-state index in [0.29, 0.717) is 23.7 Å². The second kappa shape index (κ2) is 8.20. The first-order valence-corrected chi connectivity index (χ1v) is 8.27. The highest BCUT2D eigenvalue weighted by atomic mass is 19.1. The van der Waals surface area contributed by atoms with E-state index in [1.54, 1.807) is 30.3 Å². The number of anilines is 2. The van der Waals surface area contributed by atoms with Crippen LogP contribution in [0.4, 0.5) is 16.0 Å². The van der Waals surface area contributed by atoms with Gasteiger partial charge < -0.3 is 10.6 Å². The molecule has 1 amide bonds. The fourth-order valence-electron chi connectivity index (χ4n) is 2.49. The van der Waals surface area contributed by atoms with Gasteiger partial charge in [0.1, 0.15) is 11.6 Å². The van der Waals surface area contributed by atoms with Crippen molar-refractivity contribution in [1.82, 2.24) is 10.2 Å². The minimum Gasteiger partial charge on any atom is -0.364 e. The van der Waals surface area contributed by atoms with Crippen LogP contribution in [0.15, 0.2) is 60.7 Å². The van der Waals surface area contributed by atoms with Crippen LogP contribution in [0.2, 0.25) is 0 Å². The molecule has 1 aromatic heterocycles. The lowest BCUT2D eigenvalue weighted by Crippen LogP contribution is -2.16. The van der Waals surface area contributed by atoms with Gasteiger partial charge in [-0.15, -0.1) is 10.2 Å². The Morgan fingerprint density at radius 2 is 1.58 bits per heavy atom. The number of benzene rings is 2. The molecule has 0 saturated heterocycles. The zero-order valence-electron chi connectivity index (χ0n) is 14.4. The summed E-state index contributed by atoms with van der Waals surface area (Å²) in [5.74, 6) is 0.457. The highest BCUT2D eigenvalue weighted by Crippen LogP contribution is 2.12. The fourth-order valence-corrected chi connectivity index (χ4v) is 2.49. The molecule has 0 atom stereocenters. The van der Waals surface area contributed by atoms with E-state index in [1.165, 1.54) is 6.07 Å². The van der Waals surface area contributed by atoms with E-state index in [-0.39, 0.29) is 18.1 Å². The molecule has 0 unspecified atom stereocenters. The van der Waals surface area contributed by atoms with Crippen LogP contribution in [0.25, 0.3) is 0 Å². The quantitative estimate of drug-likeness (QED) is 0.711. The number of hydrogen-bond donors (Lipinski definition) is 2. The van der Waals surface area contributed by atoms with E-state index in [9.17, 15) is 9.18 Å². The van der Waals surface area contributed by atoms with Gasteiger partial charge >= 0.3 is 0 Å². The maximum Gasteiger partial charge on any atom is 0.230 e. The molecule has 26 heavy (non-hydrogen) atoms. The average molecular weight is 350 g/mol. The van der Waals surface area contributed by atoms with Crippen LogP contribution < -0.4 is 10.6 Å². The second-order valence-corrected chi connectivity index (χ2v) is 5.90. The predicted octanol–water partition coefficient (Wildman–Crippen LogP) is 3.72. The maximum absolute atomic E-state index is 13.6. The largest absolute Gasteiger partial charge is 0.364 e. The first-order valence-electron chi connectivity index (χ1n) is 8.27. The van der Waals surface area contributed by atoms with Crippen molar-refractivity contribution < 1.29 is 9.18 Å². The molecule has 0 aliphatic carbocycles. The van der Waals surface area contributed by atoms with E-state index in [1.807, 2.05) is 31.2 Å². The Hall–Kier alpha value is -3.28. The Balaban J connectivity index is 1.55. The molecule has 0 radical (unpaired) electrons. The van der Waals surface area contributed by atoms with Gasteiger partial charge in [-0.25, -0.2) is 4.39 Å². The van der Waals surface area contributed by atoms with Crippen molar-refractivity contribution in [3.8, 4) is 0 Å². The summed E-state index contributed by atoms with van der Waals surface area (Å²) in [4.78, 5) is 12.1. The molecule has 0 fully saturated rings. The van der Waals surface area contributed by atoms with Crippen molar-refractivity contribution in [1.29, 1.82) is 0 Å². The summed E-state index contributed by atoms with van der Waals surface area (Å²) in [6.07, 6.45) is 0.279. The van der Waals surface area contributed by atoms with E-state index < -0.39 is 0 Å². The van der Waals surface area contributed by atoms with Crippen LogP contribution in [-0.2, 0) is 17.8 Å². The van der Waals surface area contributed by atoms with Gasteiger partial charge in [0.15, 0.2) is 5.82 Å². The summed E-state index contributed by atoms with van der Waals surface area (Å²) in [7, 11) is 0. The standard InChI is InChI=1S/C20H19FN4O/c1-14-6-2-3-7-15(14)12-20(26)23-19-11-10-18(24-25-19)22-13-16-8-4-5-9-17(16)21/h2-11H,12-13H2,1H3,(H,22,24)(H,23,25,26). The predicted molar refractivity (Wildman–Crippen MR) is 99.3 cm³/mol. The average Bonchev–Trinajstić information content (AvgIpc) is 2.64. The van der Waals surface area contributed by atoms with Crippen molar-refractivity contribution in [2.24, 2.45) is 0 Å². The third kappa shape index (κ3) is 4.63. The van der Waals surface area contributed by atoms with E-state index in [0.717, 1.165) is 11.1 Å². The Labute approximate surface area is 151 Å². The molecule has 0 aliphatic heterocycles.